The number of hydrogen-bond acceptors (Lipinski definition) is 2. The predicted molar refractivity (Wildman–Crippen MR) is 53.8 cm³/mol. The van der Waals surface area contributed by atoms with Gasteiger partial charge in [0.2, 0.25) is 5.91 Å². The molecule has 3 nitrogen and oxygen atoms in total. The Labute approximate surface area is 84.5 Å². The molecule has 1 amide bonds. The lowest BCUT2D eigenvalue weighted by atomic mass is 9.85. The summed E-state index contributed by atoms with van der Waals surface area (Å²) in [5.41, 5.74) is -0.125. The van der Waals surface area contributed by atoms with Crippen LogP contribution in [-0.4, -0.2) is 25.2 Å². The van der Waals surface area contributed by atoms with Crippen LogP contribution in [0.2, 0.25) is 0 Å². The van der Waals surface area contributed by atoms with Crippen molar-refractivity contribution >= 4 is 5.91 Å². The topological polar surface area (TPSA) is 38.3 Å². The zero-order valence-corrected chi connectivity index (χ0v) is 8.75. The van der Waals surface area contributed by atoms with Crippen LogP contribution in [0.5, 0.6) is 0 Å². The fraction of sp³-hybridized carbons (Fsp3) is 0.727. The molecule has 1 N–H and O–H groups in total. The summed E-state index contributed by atoms with van der Waals surface area (Å²) in [6.45, 7) is 2.20. The Balaban J connectivity index is 2.15. The van der Waals surface area contributed by atoms with E-state index in [0.717, 1.165) is 6.42 Å². The highest BCUT2D eigenvalue weighted by atomic mass is 16.5. The van der Waals surface area contributed by atoms with Crippen LogP contribution in [0.3, 0.4) is 0 Å². The van der Waals surface area contributed by atoms with Crippen LogP contribution in [0, 0.1) is 11.8 Å². The molecule has 3 heteroatoms. The third-order valence-electron chi connectivity index (χ3n) is 3.34. The van der Waals surface area contributed by atoms with Crippen molar-refractivity contribution in [3.8, 4) is 0 Å². The Morgan fingerprint density at radius 3 is 2.86 bits per heavy atom. The molecule has 0 aromatic rings. The fourth-order valence-corrected chi connectivity index (χ4v) is 2.91. The molecular formula is C11H17NO2. The van der Waals surface area contributed by atoms with Gasteiger partial charge in [-0.05, 0) is 18.8 Å². The van der Waals surface area contributed by atoms with Crippen LogP contribution in [-0.2, 0) is 9.53 Å². The molecule has 2 aliphatic rings. The highest BCUT2D eigenvalue weighted by Crippen LogP contribution is 2.46. The first-order valence-electron chi connectivity index (χ1n) is 5.12. The normalized spacial score (nSPS) is 39.0. The van der Waals surface area contributed by atoms with Gasteiger partial charge in [0, 0.05) is 20.0 Å². The molecule has 1 fully saturated rings. The molecule has 0 saturated heterocycles. The summed E-state index contributed by atoms with van der Waals surface area (Å²) in [4.78, 5) is 11.2. The Bertz CT molecular complexity index is 274. The number of carbonyl (C=O) groups excluding carboxylic acids is 1. The van der Waals surface area contributed by atoms with Crippen LogP contribution in [0.1, 0.15) is 19.8 Å². The quantitative estimate of drug-likeness (QED) is 0.685. The molecule has 0 aromatic carbocycles. The molecule has 0 aromatic heterocycles. The molecule has 2 bridgehead atoms. The van der Waals surface area contributed by atoms with Gasteiger partial charge in [-0.2, -0.15) is 0 Å². The second-order valence-electron chi connectivity index (χ2n) is 4.46. The molecule has 0 radical (unpaired) electrons. The molecule has 2 rings (SSSR count). The average Bonchev–Trinajstić information content (AvgIpc) is 2.62. The Morgan fingerprint density at radius 2 is 2.43 bits per heavy atom. The van der Waals surface area contributed by atoms with Crippen LogP contribution in [0.4, 0.5) is 0 Å². The summed E-state index contributed by atoms with van der Waals surface area (Å²) in [6, 6.07) is 0. The van der Waals surface area contributed by atoms with E-state index < -0.39 is 0 Å². The summed E-state index contributed by atoms with van der Waals surface area (Å²) >= 11 is 0. The van der Waals surface area contributed by atoms with E-state index in [0.29, 0.717) is 18.4 Å². The van der Waals surface area contributed by atoms with E-state index in [1.807, 2.05) is 0 Å². The van der Waals surface area contributed by atoms with E-state index in [9.17, 15) is 4.79 Å². The van der Waals surface area contributed by atoms with Gasteiger partial charge in [-0.15, -0.1) is 0 Å². The summed E-state index contributed by atoms with van der Waals surface area (Å²) < 4.78 is 5.23. The van der Waals surface area contributed by atoms with Gasteiger partial charge in [0.05, 0.1) is 12.1 Å². The van der Waals surface area contributed by atoms with E-state index in [4.69, 9.17) is 4.74 Å². The standard InChI is InChI=1S/C11H17NO2/c1-8(13)12-11(7-14-2)6-9-3-4-10(11)5-9/h3-4,9-10H,5-7H2,1-2H3,(H,12,13)/t9-,10+,11+/m1/s1. The summed E-state index contributed by atoms with van der Waals surface area (Å²) in [7, 11) is 1.69. The lowest BCUT2D eigenvalue weighted by Gasteiger charge is -2.35. The first kappa shape index (κ1) is 9.71. The number of amides is 1. The number of fused-ring (bicyclic) bond motifs is 2. The van der Waals surface area contributed by atoms with Crippen molar-refractivity contribution in [2.45, 2.75) is 25.3 Å². The molecule has 1 saturated carbocycles. The third-order valence-corrected chi connectivity index (χ3v) is 3.34. The first-order valence-corrected chi connectivity index (χ1v) is 5.12. The van der Waals surface area contributed by atoms with Gasteiger partial charge >= 0.3 is 0 Å². The second-order valence-corrected chi connectivity index (χ2v) is 4.46. The largest absolute Gasteiger partial charge is 0.382 e. The number of rotatable bonds is 3. The average molecular weight is 195 g/mol. The van der Waals surface area contributed by atoms with Gasteiger partial charge in [-0.1, -0.05) is 12.2 Å². The van der Waals surface area contributed by atoms with Crippen molar-refractivity contribution < 1.29 is 9.53 Å². The van der Waals surface area contributed by atoms with E-state index in [-0.39, 0.29) is 11.4 Å². The highest BCUT2D eigenvalue weighted by Gasteiger charge is 2.48. The predicted octanol–water partition coefficient (Wildman–Crippen LogP) is 1.10. The van der Waals surface area contributed by atoms with Gasteiger partial charge in [-0.25, -0.2) is 0 Å². The SMILES string of the molecule is COC[C@@]1(NC(C)=O)C[C@@H]2C=C[C@H]1C2. The van der Waals surface area contributed by atoms with Gasteiger partial charge < -0.3 is 10.1 Å². The number of carbonyl (C=O) groups is 1. The van der Waals surface area contributed by atoms with Crippen LogP contribution in [0.25, 0.3) is 0 Å². The Kier molecular flexibility index (Phi) is 2.35. The molecule has 78 valence electrons. The van der Waals surface area contributed by atoms with Crippen molar-refractivity contribution in [3.05, 3.63) is 12.2 Å². The van der Waals surface area contributed by atoms with Crippen molar-refractivity contribution in [1.82, 2.24) is 5.32 Å². The minimum absolute atomic E-state index is 0.0444. The Hall–Kier alpha value is -0.830. The summed E-state index contributed by atoms with van der Waals surface area (Å²) in [5.74, 6) is 1.15. The van der Waals surface area contributed by atoms with Gasteiger partial charge in [0.15, 0.2) is 0 Å². The zero-order chi connectivity index (χ0) is 10.2. The highest BCUT2D eigenvalue weighted by molar-refractivity contribution is 5.74. The van der Waals surface area contributed by atoms with Crippen molar-refractivity contribution in [2.24, 2.45) is 11.8 Å². The van der Waals surface area contributed by atoms with E-state index in [1.165, 1.54) is 6.42 Å². The Morgan fingerprint density at radius 1 is 1.64 bits per heavy atom. The molecule has 3 atom stereocenters. The fourth-order valence-electron chi connectivity index (χ4n) is 2.91. The number of ether oxygens (including phenoxy) is 1. The number of nitrogens with one attached hydrogen (secondary N) is 1. The first-order chi connectivity index (χ1) is 6.66. The molecule has 14 heavy (non-hydrogen) atoms. The molecule has 0 heterocycles. The summed E-state index contributed by atoms with van der Waals surface area (Å²) in [6.07, 6.45) is 6.69. The number of allylic oxidation sites excluding steroid dienone is 1. The molecule has 0 spiro atoms. The van der Waals surface area contributed by atoms with E-state index in [1.54, 1.807) is 14.0 Å². The second kappa shape index (κ2) is 3.39. The smallest absolute Gasteiger partial charge is 0.217 e. The van der Waals surface area contributed by atoms with Gasteiger partial charge in [0.25, 0.3) is 0 Å². The lowest BCUT2D eigenvalue weighted by Crippen LogP contribution is -2.54. The van der Waals surface area contributed by atoms with E-state index in [2.05, 4.69) is 17.5 Å². The number of methoxy groups -OCH3 is 1. The molecule has 2 aliphatic carbocycles. The van der Waals surface area contributed by atoms with Crippen molar-refractivity contribution in [1.29, 1.82) is 0 Å². The molecule has 0 unspecified atom stereocenters. The van der Waals surface area contributed by atoms with Gasteiger partial charge in [0.1, 0.15) is 0 Å². The monoisotopic (exact) mass is 195 g/mol. The minimum atomic E-state index is -0.125. The number of hydrogen-bond donors (Lipinski definition) is 1. The van der Waals surface area contributed by atoms with Crippen molar-refractivity contribution in [2.75, 3.05) is 13.7 Å². The summed E-state index contributed by atoms with van der Waals surface area (Å²) in [5, 5.41) is 3.07. The maximum absolute atomic E-state index is 11.2. The van der Waals surface area contributed by atoms with E-state index >= 15 is 0 Å². The van der Waals surface area contributed by atoms with Crippen LogP contribution in [0.15, 0.2) is 12.2 Å². The van der Waals surface area contributed by atoms with Gasteiger partial charge in [-0.3, -0.25) is 4.79 Å². The maximum Gasteiger partial charge on any atom is 0.217 e. The maximum atomic E-state index is 11.2. The third kappa shape index (κ3) is 1.46. The molecular weight excluding hydrogens is 178 g/mol. The van der Waals surface area contributed by atoms with Crippen LogP contribution < -0.4 is 5.32 Å². The molecule has 0 aliphatic heterocycles. The van der Waals surface area contributed by atoms with Crippen LogP contribution >= 0.6 is 0 Å². The van der Waals surface area contributed by atoms with Crippen molar-refractivity contribution in [3.63, 3.8) is 0 Å². The minimum Gasteiger partial charge on any atom is -0.382 e. The zero-order valence-electron chi connectivity index (χ0n) is 8.75. The lowest BCUT2D eigenvalue weighted by molar-refractivity contribution is -0.122.